The Bertz CT molecular complexity index is 560. The van der Waals surface area contributed by atoms with Crippen LogP contribution < -0.4 is 5.32 Å². The molecule has 3 rings (SSSR count). The number of fused-ring (bicyclic) bond motifs is 1. The largest absolute Gasteiger partial charge is 0.363 e. The quantitative estimate of drug-likeness (QED) is 0.904. The van der Waals surface area contributed by atoms with Gasteiger partial charge in [0.1, 0.15) is 6.26 Å². The van der Waals surface area contributed by atoms with Gasteiger partial charge in [0.05, 0.1) is 5.56 Å². The van der Waals surface area contributed by atoms with Gasteiger partial charge in [-0.1, -0.05) is 12.1 Å². The van der Waals surface area contributed by atoms with E-state index in [1.165, 1.54) is 16.7 Å². The van der Waals surface area contributed by atoms with Gasteiger partial charge in [-0.05, 0) is 30.7 Å². The molecule has 0 unspecified atom stereocenters. The summed E-state index contributed by atoms with van der Waals surface area (Å²) in [5, 5.41) is 8.39. The molecule has 2 heterocycles. The Morgan fingerprint density at radius 1 is 1.61 bits per heavy atom. The average molecular weight is 262 g/mol. The Balaban J connectivity index is 1.82. The predicted molar refractivity (Wildman–Crippen MR) is 70.0 cm³/mol. The Hall–Kier alpha value is -1.62. The minimum Gasteiger partial charge on any atom is -0.363 e. The van der Waals surface area contributed by atoms with Gasteiger partial charge in [0.25, 0.3) is 5.91 Å². The first-order valence-electron chi connectivity index (χ1n) is 6.05. The lowest BCUT2D eigenvalue weighted by Crippen LogP contribution is -2.16. The van der Waals surface area contributed by atoms with Crippen LogP contribution in [0.15, 0.2) is 22.2 Å². The summed E-state index contributed by atoms with van der Waals surface area (Å²) in [4.78, 5) is 13.5. The van der Waals surface area contributed by atoms with E-state index in [0.29, 0.717) is 5.82 Å². The molecule has 2 aromatic heterocycles. The highest BCUT2D eigenvalue weighted by atomic mass is 32.1. The third-order valence-corrected chi connectivity index (χ3v) is 4.38. The van der Waals surface area contributed by atoms with Gasteiger partial charge >= 0.3 is 0 Å². The molecule has 94 valence electrons. The van der Waals surface area contributed by atoms with Crippen LogP contribution in [-0.2, 0) is 12.8 Å². The minimum absolute atomic E-state index is 0.0871. The molecular formula is C13H14N2O2S. The SMILES string of the molecule is C[C@@H]1CCc2c(C(=O)Nc3ccon3)csc2C1. The van der Waals surface area contributed by atoms with Gasteiger partial charge in [-0.3, -0.25) is 4.79 Å². The van der Waals surface area contributed by atoms with Crippen molar-refractivity contribution in [3.05, 3.63) is 33.7 Å². The summed E-state index contributed by atoms with van der Waals surface area (Å²) in [6, 6.07) is 1.64. The average Bonchev–Trinajstić information content (AvgIpc) is 2.97. The van der Waals surface area contributed by atoms with Crippen molar-refractivity contribution in [1.82, 2.24) is 5.16 Å². The summed E-state index contributed by atoms with van der Waals surface area (Å²) in [5.41, 5.74) is 2.02. The van der Waals surface area contributed by atoms with Gasteiger partial charge in [0.2, 0.25) is 0 Å². The van der Waals surface area contributed by atoms with Gasteiger partial charge in [-0.15, -0.1) is 11.3 Å². The fraction of sp³-hybridized carbons (Fsp3) is 0.385. The van der Waals surface area contributed by atoms with Gasteiger partial charge in [0.15, 0.2) is 5.82 Å². The van der Waals surface area contributed by atoms with Crippen LogP contribution in [0.5, 0.6) is 0 Å². The van der Waals surface area contributed by atoms with E-state index >= 15 is 0 Å². The van der Waals surface area contributed by atoms with E-state index in [0.717, 1.165) is 30.7 Å². The van der Waals surface area contributed by atoms with Crippen molar-refractivity contribution in [2.75, 3.05) is 5.32 Å². The molecule has 0 fully saturated rings. The Morgan fingerprint density at radius 3 is 3.28 bits per heavy atom. The summed E-state index contributed by atoms with van der Waals surface area (Å²) >= 11 is 1.69. The van der Waals surface area contributed by atoms with Crippen LogP contribution in [0.3, 0.4) is 0 Å². The molecule has 1 atom stereocenters. The Morgan fingerprint density at radius 2 is 2.50 bits per heavy atom. The molecule has 1 aliphatic carbocycles. The second kappa shape index (κ2) is 4.57. The highest BCUT2D eigenvalue weighted by Gasteiger charge is 2.23. The van der Waals surface area contributed by atoms with E-state index in [9.17, 15) is 4.79 Å². The number of carbonyl (C=O) groups excluding carboxylic acids is 1. The van der Waals surface area contributed by atoms with Crippen LogP contribution in [0.25, 0.3) is 0 Å². The molecule has 4 nitrogen and oxygen atoms in total. The fourth-order valence-electron chi connectivity index (χ4n) is 2.33. The molecule has 1 aliphatic rings. The first-order valence-corrected chi connectivity index (χ1v) is 6.93. The van der Waals surface area contributed by atoms with Crippen LogP contribution >= 0.6 is 11.3 Å². The normalized spacial score (nSPS) is 18.4. The van der Waals surface area contributed by atoms with E-state index in [1.807, 2.05) is 5.38 Å². The number of carbonyl (C=O) groups is 1. The number of aromatic nitrogens is 1. The maximum absolute atomic E-state index is 12.1. The van der Waals surface area contributed by atoms with Crippen LogP contribution in [0, 0.1) is 5.92 Å². The molecule has 0 saturated heterocycles. The number of anilines is 1. The summed E-state index contributed by atoms with van der Waals surface area (Å²) < 4.78 is 4.70. The molecule has 0 saturated carbocycles. The Kier molecular flexibility index (Phi) is 2.91. The minimum atomic E-state index is -0.0871. The Labute approximate surface area is 109 Å². The van der Waals surface area contributed by atoms with Crippen molar-refractivity contribution >= 4 is 23.1 Å². The molecule has 0 aliphatic heterocycles. The first-order chi connectivity index (χ1) is 8.74. The first kappa shape index (κ1) is 11.5. The molecule has 2 aromatic rings. The molecule has 0 aromatic carbocycles. The van der Waals surface area contributed by atoms with Crippen LogP contribution in [0.1, 0.15) is 34.1 Å². The maximum atomic E-state index is 12.1. The van der Waals surface area contributed by atoms with Crippen LogP contribution in [0.2, 0.25) is 0 Å². The van der Waals surface area contributed by atoms with Crippen molar-refractivity contribution in [1.29, 1.82) is 0 Å². The fourth-order valence-corrected chi connectivity index (χ4v) is 3.57. The molecule has 1 N–H and O–H groups in total. The molecule has 1 amide bonds. The van der Waals surface area contributed by atoms with E-state index < -0.39 is 0 Å². The zero-order chi connectivity index (χ0) is 12.5. The summed E-state index contributed by atoms with van der Waals surface area (Å²) in [6.07, 6.45) is 4.70. The molecule has 0 bridgehead atoms. The van der Waals surface area contributed by atoms with E-state index in [1.54, 1.807) is 17.4 Å². The van der Waals surface area contributed by atoms with E-state index in [4.69, 9.17) is 4.52 Å². The lowest BCUT2D eigenvalue weighted by atomic mass is 9.88. The third kappa shape index (κ3) is 2.06. The van der Waals surface area contributed by atoms with Gasteiger partial charge in [-0.2, -0.15) is 0 Å². The van der Waals surface area contributed by atoms with E-state index in [-0.39, 0.29) is 5.91 Å². The summed E-state index contributed by atoms with van der Waals surface area (Å²) in [6.45, 7) is 2.26. The van der Waals surface area contributed by atoms with Crippen molar-refractivity contribution in [3.8, 4) is 0 Å². The molecular weight excluding hydrogens is 248 g/mol. The van der Waals surface area contributed by atoms with E-state index in [2.05, 4.69) is 17.4 Å². The summed E-state index contributed by atoms with van der Waals surface area (Å²) in [7, 11) is 0. The number of nitrogens with zero attached hydrogens (tertiary/aromatic N) is 1. The lowest BCUT2D eigenvalue weighted by molar-refractivity contribution is 0.102. The van der Waals surface area contributed by atoms with Gasteiger partial charge < -0.3 is 9.84 Å². The zero-order valence-corrected chi connectivity index (χ0v) is 10.9. The van der Waals surface area contributed by atoms with Crippen molar-refractivity contribution in [2.24, 2.45) is 5.92 Å². The smallest absolute Gasteiger partial charge is 0.258 e. The van der Waals surface area contributed by atoms with Crippen LogP contribution in [-0.4, -0.2) is 11.1 Å². The molecule has 5 heteroatoms. The van der Waals surface area contributed by atoms with Gasteiger partial charge in [-0.25, -0.2) is 0 Å². The molecule has 0 radical (unpaired) electrons. The number of hydrogen-bond donors (Lipinski definition) is 1. The highest BCUT2D eigenvalue weighted by Crippen LogP contribution is 2.33. The monoisotopic (exact) mass is 262 g/mol. The predicted octanol–water partition coefficient (Wildman–Crippen LogP) is 3.11. The number of thiophene rings is 1. The molecule has 0 spiro atoms. The van der Waals surface area contributed by atoms with Gasteiger partial charge in [0, 0.05) is 16.3 Å². The maximum Gasteiger partial charge on any atom is 0.258 e. The third-order valence-electron chi connectivity index (χ3n) is 3.33. The number of rotatable bonds is 2. The van der Waals surface area contributed by atoms with Crippen molar-refractivity contribution in [3.63, 3.8) is 0 Å². The zero-order valence-electron chi connectivity index (χ0n) is 10.1. The summed E-state index contributed by atoms with van der Waals surface area (Å²) in [5.74, 6) is 1.10. The number of hydrogen-bond acceptors (Lipinski definition) is 4. The van der Waals surface area contributed by atoms with Crippen molar-refractivity contribution < 1.29 is 9.32 Å². The topological polar surface area (TPSA) is 55.1 Å². The number of nitrogens with one attached hydrogen (secondary N) is 1. The standard InChI is InChI=1S/C13H14N2O2S/c1-8-2-3-9-10(7-18-11(9)6-8)13(16)14-12-4-5-17-15-12/h4-5,7-8H,2-3,6H2,1H3,(H,14,15,16)/t8-/m1/s1. The van der Waals surface area contributed by atoms with Crippen LogP contribution in [0.4, 0.5) is 5.82 Å². The molecule has 18 heavy (non-hydrogen) atoms. The number of amides is 1. The highest BCUT2D eigenvalue weighted by molar-refractivity contribution is 7.10. The lowest BCUT2D eigenvalue weighted by Gasteiger charge is -2.18. The second-order valence-corrected chi connectivity index (χ2v) is 5.70. The second-order valence-electron chi connectivity index (χ2n) is 4.74. The van der Waals surface area contributed by atoms with Crippen molar-refractivity contribution in [2.45, 2.75) is 26.2 Å².